The van der Waals surface area contributed by atoms with E-state index in [9.17, 15) is 9.18 Å². The summed E-state index contributed by atoms with van der Waals surface area (Å²) >= 11 is 0. The Morgan fingerprint density at radius 2 is 2.25 bits per heavy atom. The molecule has 0 amide bonds. The van der Waals surface area contributed by atoms with E-state index < -0.39 is 17.3 Å². The van der Waals surface area contributed by atoms with Crippen LogP contribution >= 0.6 is 0 Å². The number of carboxylic acids is 1. The van der Waals surface area contributed by atoms with Gasteiger partial charge in [0, 0.05) is 0 Å². The molecule has 5 nitrogen and oxygen atoms in total. The van der Waals surface area contributed by atoms with Gasteiger partial charge in [-0.3, -0.25) is 0 Å². The van der Waals surface area contributed by atoms with Gasteiger partial charge in [-0.05, 0) is 26.2 Å². The Bertz CT molecular complexity index is 432. The first-order valence-electron chi connectivity index (χ1n) is 5.04. The average molecular weight is 225 g/mol. The number of nitrogens with one attached hydrogen (secondary N) is 1. The molecular formula is C10H12FN3O2. The van der Waals surface area contributed by atoms with E-state index in [1.807, 2.05) is 0 Å². The van der Waals surface area contributed by atoms with Crippen molar-refractivity contribution in [2.45, 2.75) is 31.7 Å². The summed E-state index contributed by atoms with van der Waals surface area (Å²) in [6.07, 6.45) is 3.02. The van der Waals surface area contributed by atoms with Crippen molar-refractivity contribution >= 4 is 11.8 Å². The van der Waals surface area contributed by atoms with E-state index in [0.29, 0.717) is 12.8 Å². The van der Waals surface area contributed by atoms with E-state index in [1.165, 1.54) is 13.3 Å². The number of anilines is 1. The molecule has 2 rings (SSSR count). The molecule has 0 bridgehead atoms. The molecule has 1 saturated carbocycles. The van der Waals surface area contributed by atoms with Gasteiger partial charge in [0.25, 0.3) is 0 Å². The predicted octanol–water partition coefficient (Wildman–Crippen LogP) is 1.34. The van der Waals surface area contributed by atoms with Crippen LogP contribution in [0.15, 0.2) is 6.33 Å². The lowest BCUT2D eigenvalue weighted by atomic mass is 9.77. The molecule has 0 saturated heterocycles. The lowest BCUT2D eigenvalue weighted by Crippen LogP contribution is -2.52. The first-order valence-corrected chi connectivity index (χ1v) is 5.04. The van der Waals surface area contributed by atoms with Crippen molar-refractivity contribution in [3.8, 4) is 0 Å². The van der Waals surface area contributed by atoms with Crippen LogP contribution in [0.2, 0.25) is 0 Å². The second-order valence-electron chi connectivity index (χ2n) is 3.99. The largest absolute Gasteiger partial charge is 0.480 e. The number of hydrogen-bond acceptors (Lipinski definition) is 4. The van der Waals surface area contributed by atoms with Crippen LogP contribution in [0, 0.1) is 12.7 Å². The maximum atomic E-state index is 13.6. The predicted molar refractivity (Wildman–Crippen MR) is 54.6 cm³/mol. The molecule has 16 heavy (non-hydrogen) atoms. The number of aromatic nitrogens is 2. The fourth-order valence-corrected chi connectivity index (χ4v) is 1.69. The number of carboxylic acid groups (broad SMARTS) is 1. The molecule has 0 aliphatic heterocycles. The van der Waals surface area contributed by atoms with Gasteiger partial charge in [-0.15, -0.1) is 0 Å². The Morgan fingerprint density at radius 1 is 1.56 bits per heavy atom. The molecular weight excluding hydrogens is 213 g/mol. The minimum Gasteiger partial charge on any atom is -0.480 e. The van der Waals surface area contributed by atoms with Crippen LogP contribution in [0.3, 0.4) is 0 Å². The number of halogens is 1. The van der Waals surface area contributed by atoms with Crippen LogP contribution < -0.4 is 5.32 Å². The van der Waals surface area contributed by atoms with Gasteiger partial charge in [0.2, 0.25) is 0 Å². The minimum atomic E-state index is -1.05. The summed E-state index contributed by atoms with van der Waals surface area (Å²) in [5.41, 5.74) is -0.848. The van der Waals surface area contributed by atoms with Gasteiger partial charge < -0.3 is 10.4 Å². The molecule has 6 heteroatoms. The number of carbonyl (C=O) groups is 1. The summed E-state index contributed by atoms with van der Waals surface area (Å²) in [5.74, 6) is -1.58. The Kier molecular flexibility index (Phi) is 2.49. The average Bonchev–Trinajstić information content (AvgIpc) is 2.17. The van der Waals surface area contributed by atoms with Crippen molar-refractivity contribution in [1.82, 2.24) is 9.97 Å². The summed E-state index contributed by atoms with van der Waals surface area (Å²) in [4.78, 5) is 18.5. The zero-order valence-corrected chi connectivity index (χ0v) is 8.83. The van der Waals surface area contributed by atoms with Gasteiger partial charge >= 0.3 is 5.97 Å². The van der Waals surface area contributed by atoms with E-state index in [2.05, 4.69) is 15.3 Å². The van der Waals surface area contributed by atoms with Gasteiger partial charge in [0.05, 0.1) is 5.69 Å². The van der Waals surface area contributed by atoms with Crippen LogP contribution in [-0.4, -0.2) is 26.6 Å². The maximum Gasteiger partial charge on any atom is 0.329 e. The molecule has 0 spiro atoms. The summed E-state index contributed by atoms with van der Waals surface area (Å²) in [6.45, 7) is 1.51. The molecule has 86 valence electrons. The summed E-state index contributed by atoms with van der Waals surface area (Å²) in [6, 6.07) is 0. The summed E-state index contributed by atoms with van der Waals surface area (Å²) in [5, 5.41) is 11.8. The van der Waals surface area contributed by atoms with E-state index in [-0.39, 0.29) is 11.5 Å². The number of nitrogens with zero attached hydrogens (tertiary/aromatic N) is 2. The summed E-state index contributed by atoms with van der Waals surface area (Å²) < 4.78 is 13.6. The molecule has 1 aliphatic carbocycles. The van der Waals surface area contributed by atoms with Crippen LogP contribution in [0.4, 0.5) is 10.2 Å². The monoisotopic (exact) mass is 225 g/mol. The second kappa shape index (κ2) is 3.70. The molecule has 1 aromatic heterocycles. The lowest BCUT2D eigenvalue weighted by Gasteiger charge is -2.38. The van der Waals surface area contributed by atoms with Crippen molar-refractivity contribution in [3.63, 3.8) is 0 Å². The quantitative estimate of drug-likeness (QED) is 0.812. The highest BCUT2D eigenvalue weighted by molar-refractivity contribution is 5.83. The number of aliphatic carboxylic acids is 1. The third kappa shape index (κ3) is 1.60. The molecule has 0 aromatic carbocycles. The van der Waals surface area contributed by atoms with E-state index >= 15 is 0 Å². The normalized spacial score (nSPS) is 17.6. The fraction of sp³-hybridized carbons (Fsp3) is 0.500. The second-order valence-corrected chi connectivity index (χ2v) is 3.99. The third-order valence-electron chi connectivity index (χ3n) is 2.94. The number of rotatable bonds is 3. The van der Waals surface area contributed by atoms with E-state index in [1.54, 1.807) is 0 Å². The maximum absolute atomic E-state index is 13.6. The van der Waals surface area contributed by atoms with E-state index in [0.717, 1.165) is 6.42 Å². The van der Waals surface area contributed by atoms with Crippen molar-refractivity contribution in [2.24, 2.45) is 0 Å². The summed E-state index contributed by atoms with van der Waals surface area (Å²) in [7, 11) is 0. The number of hydrogen-bond donors (Lipinski definition) is 2. The first kappa shape index (κ1) is 10.8. The smallest absolute Gasteiger partial charge is 0.329 e. The van der Waals surface area contributed by atoms with E-state index in [4.69, 9.17) is 5.11 Å². The lowest BCUT2D eigenvalue weighted by molar-refractivity contribution is -0.145. The number of aryl methyl sites for hydroxylation is 1. The topological polar surface area (TPSA) is 75.1 Å². The molecule has 0 radical (unpaired) electrons. The molecule has 2 N–H and O–H groups in total. The van der Waals surface area contributed by atoms with Crippen molar-refractivity contribution in [3.05, 3.63) is 17.8 Å². The van der Waals surface area contributed by atoms with Crippen LogP contribution in [0.5, 0.6) is 0 Å². The Labute approximate surface area is 91.7 Å². The van der Waals surface area contributed by atoms with Crippen LogP contribution in [-0.2, 0) is 4.79 Å². The molecule has 1 fully saturated rings. The Morgan fingerprint density at radius 3 is 2.75 bits per heavy atom. The van der Waals surface area contributed by atoms with Gasteiger partial charge in [0.1, 0.15) is 11.9 Å². The Hall–Kier alpha value is -1.72. The minimum absolute atomic E-state index is 0.0328. The molecule has 0 unspecified atom stereocenters. The zero-order chi connectivity index (χ0) is 11.8. The fourth-order valence-electron chi connectivity index (χ4n) is 1.69. The highest BCUT2D eigenvalue weighted by Gasteiger charge is 2.45. The van der Waals surface area contributed by atoms with Crippen molar-refractivity contribution in [1.29, 1.82) is 0 Å². The molecule has 1 heterocycles. The van der Waals surface area contributed by atoms with Crippen LogP contribution in [0.1, 0.15) is 25.0 Å². The highest BCUT2D eigenvalue weighted by atomic mass is 19.1. The van der Waals surface area contributed by atoms with Crippen molar-refractivity contribution < 1.29 is 14.3 Å². The van der Waals surface area contributed by atoms with Gasteiger partial charge in [0.15, 0.2) is 11.6 Å². The van der Waals surface area contributed by atoms with Gasteiger partial charge in [-0.25, -0.2) is 19.2 Å². The first-order chi connectivity index (χ1) is 7.55. The van der Waals surface area contributed by atoms with Gasteiger partial charge in [-0.1, -0.05) is 0 Å². The standard InChI is InChI=1S/C10H12FN3O2/c1-6-7(11)8(13-5-12-6)14-10(9(15)16)3-2-4-10/h5H,2-4H2,1H3,(H,15,16)(H,12,13,14). The zero-order valence-electron chi connectivity index (χ0n) is 8.83. The Balaban J connectivity index is 2.26. The molecule has 1 aromatic rings. The molecule has 1 aliphatic rings. The van der Waals surface area contributed by atoms with Crippen LogP contribution in [0.25, 0.3) is 0 Å². The molecule has 0 atom stereocenters. The van der Waals surface area contributed by atoms with Gasteiger partial charge in [-0.2, -0.15) is 0 Å². The highest BCUT2D eigenvalue weighted by Crippen LogP contribution is 2.35. The van der Waals surface area contributed by atoms with Crippen molar-refractivity contribution in [2.75, 3.05) is 5.32 Å². The SMILES string of the molecule is Cc1ncnc(NC2(C(=O)O)CCC2)c1F. The third-order valence-corrected chi connectivity index (χ3v) is 2.94.